The molecule has 1 aliphatic rings. The first-order valence-corrected chi connectivity index (χ1v) is 8.65. The number of anilines is 1. The number of ether oxygens (including phenoxy) is 3. The molecular formula is C21H22FNO4. The van der Waals surface area contributed by atoms with Crippen molar-refractivity contribution in [1.82, 2.24) is 0 Å². The number of amides is 1. The number of hydrogen-bond donors (Lipinski definition) is 0. The van der Waals surface area contributed by atoms with Crippen LogP contribution in [-0.4, -0.2) is 33.8 Å². The van der Waals surface area contributed by atoms with Crippen LogP contribution in [0, 0.1) is 5.82 Å². The van der Waals surface area contributed by atoms with Gasteiger partial charge in [0.15, 0.2) is 11.5 Å². The van der Waals surface area contributed by atoms with E-state index < -0.39 is 0 Å². The molecule has 0 saturated carbocycles. The molecule has 2 aromatic carbocycles. The lowest BCUT2D eigenvalue weighted by Gasteiger charge is -2.28. The molecule has 2 aromatic rings. The summed E-state index contributed by atoms with van der Waals surface area (Å²) in [6, 6.07) is 8.08. The van der Waals surface area contributed by atoms with Crippen molar-refractivity contribution in [3.05, 3.63) is 53.4 Å². The largest absolute Gasteiger partial charge is 0.493 e. The third-order valence-electron chi connectivity index (χ3n) is 4.53. The third kappa shape index (κ3) is 3.89. The topological polar surface area (TPSA) is 48.0 Å². The highest BCUT2D eigenvalue weighted by Crippen LogP contribution is 2.38. The molecule has 1 heterocycles. The van der Waals surface area contributed by atoms with Gasteiger partial charge in [-0.3, -0.25) is 4.79 Å². The molecule has 0 aliphatic carbocycles. The van der Waals surface area contributed by atoms with Crippen LogP contribution in [0.5, 0.6) is 17.2 Å². The van der Waals surface area contributed by atoms with Gasteiger partial charge < -0.3 is 19.1 Å². The van der Waals surface area contributed by atoms with Gasteiger partial charge in [-0.25, -0.2) is 4.39 Å². The summed E-state index contributed by atoms with van der Waals surface area (Å²) < 4.78 is 29.4. The number of hydrogen-bond acceptors (Lipinski definition) is 4. The van der Waals surface area contributed by atoms with Gasteiger partial charge in [0.25, 0.3) is 5.91 Å². The molecule has 0 bridgehead atoms. The summed E-state index contributed by atoms with van der Waals surface area (Å²) >= 11 is 0. The fraction of sp³-hybridized carbons (Fsp3) is 0.286. The van der Waals surface area contributed by atoms with Gasteiger partial charge in [-0.15, -0.1) is 0 Å². The fourth-order valence-electron chi connectivity index (χ4n) is 3.25. The van der Waals surface area contributed by atoms with E-state index in [0.29, 0.717) is 23.8 Å². The van der Waals surface area contributed by atoms with Crippen molar-refractivity contribution in [2.75, 3.05) is 32.8 Å². The number of carbonyl (C=O) groups excluding carboxylic acids is 1. The Morgan fingerprint density at radius 2 is 1.78 bits per heavy atom. The Morgan fingerprint density at radius 1 is 1.07 bits per heavy atom. The summed E-state index contributed by atoms with van der Waals surface area (Å²) in [5, 5.41) is 0. The van der Waals surface area contributed by atoms with Gasteiger partial charge in [0.2, 0.25) is 5.75 Å². The van der Waals surface area contributed by atoms with Crippen molar-refractivity contribution in [2.45, 2.75) is 12.8 Å². The van der Waals surface area contributed by atoms with Crippen molar-refractivity contribution < 1.29 is 23.4 Å². The second-order valence-electron chi connectivity index (χ2n) is 6.16. The number of rotatable bonds is 5. The molecule has 0 aromatic heterocycles. The van der Waals surface area contributed by atoms with Crippen molar-refractivity contribution in [2.24, 2.45) is 0 Å². The summed E-state index contributed by atoms with van der Waals surface area (Å²) in [6.45, 7) is 0.608. The van der Waals surface area contributed by atoms with Gasteiger partial charge in [-0.2, -0.15) is 0 Å². The highest BCUT2D eigenvalue weighted by molar-refractivity contribution is 6.04. The van der Waals surface area contributed by atoms with Gasteiger partial charge >= 0.3 is 0 Å². The lowest BCUT2D eigenvalue weighted by atomic mass is 10.0. The Labute approximate surface area is 158 Å². The number of methoxy groups -OCH3 is 3. The Bertz CT molecular complexity index is 853. The number of benzene rings is 2. The number of carbonyl (C=O) groups is 1. The first kappa shape index (κ1) is 18.8. The van der Waals surface area contributed by atoms with Crippen LogP contribution in [0.4, 0.5) is 10.1 Å². The van der Waals surface area contributed by atoms with Gasteiger partial charge in [0.05, 0.1) is 21.3 Å². The van der Waals surface area contributed by atoms with E-state index in [4.69, 9.17) is 14.2 Å². The van der Waals surface area contributed by atoms with Crippen LogP contribution in [-0.2, 0) is 11.2 Å². The maximum atomic E-state index is 13.4. The second kappa shape index (κ2) is 8.12. The van der Waals surface area contributed by atoms with E-state index in [1.54, 1.807) is 43.4 Å². The molecule has 6 heteroatoms. The van der Waals surface area contributed by atoms with E-state index in [2.05, 4.69) is 0 Å². The standard InChI is InChI=1S/C21H22FNO4/c1-25-18-11-14(12-19(26-2)21(18)27-3)6-9-20(24)23-10-4-5-15-13-16(22)7-8-17(15)23/h6-9,11-13H,4-5,10H2,1-3H3/b9-6+. The zero-order valence-electron chi connectivity index (χ0n) is 15.6. The lowest BCUT2D eigenvalue weighted by molar-refractivity contribution is -0.114. The monoisotopic (exact) mass is 371 g/mol. The van der Waals surface area contributed by atoms with Crippen LogP contribution in [0.3, 0.4) is 0 Å². The summed E-state index contributed by atoms with van der Waals surface area (Å²) in [7, 11) is 4.62. The summed E-state index contributed by atoms with van der Waals surface area (Å²) in [6.07, 6.45) is 4.78. The minimum atomic E-state index is -0.281. The van der Waals surface area contributed by atoms with E-state index in [-0.39, 0.29) is 11.7 Å². The van der Waals surface area contributed by atoms with Crippen LogP contribution >= 0.6 is 0 Å². The highest BCUT2D eigenvalue weighted by Gasteiger charge is 2.21. The smallest absolute Gasteiger partial charge is 0.250 e. The quantitative estimate of drug-likeness (QED) is 0.749. The first-order valence-electron chi connectivity index (χ1n) is 8.65. The van der Waals surface area contributed by atoms with Crippen LogP contribution in [0.25, 0.3) is 6.08 Å². The minimum Gasteiger partial charge on any atom is -0.493 e. The van der Waals surface area contributed by atoms with Crippen molar-refractivity contribution in [3.8, 4) is 17.2 Å². The minimum absolute atomic E-state index is 0.156. The van der Waals surface area contributed by atoms with Crippen molar-refractivity contribution >= 4 is 17.7 Å². The van der Waals surface area contributed by atoms with E-state index in [9.17, 15) is 9.18 Å². The number of aryl methyl sites for hydroxylation is 1. The second-order valence-corrected chi connectivity index (χ2v) is 6.16. The molecule has 5 nitrogen and oxygen atoms in total. The SMILES string of the molecule is COc1cc(/C=C/C(=O)N2CCCc3cc(F)ccc32)cc(OC)c1OC. The van der Waals surface area contributed by atoms with Crippen LogP contribution in [0.2, 0.25) is 0 Å². The molecule has 3 rings (SSSR count). The predicted molar refractivity (Wildman–Crippen MR) is 102 cm³/mol. The van der Waals surface area contributed by atoms with E-state index in [0.717, 1.165) is 29.7 Å². The zero-order valence-corrected chi connectivity index (χ0v) is 15.6. The maximum absolute atomic E-state index is 13.4. The lowest BCUT2D eigenvalue weighted by Crippen LogP contribution is -2.34. The molecule has 1 aliphatic heterocycles. The van der Waals surface area contributed by atoms with Gasteiger partial charge in [-0.05, 0) is 60.4 Å². The molecule has 27 heavy (non-hydrogen) atoms. The molecule has 0 spiro atoms. The average molecular weight is 371 g/mol. The summed E-state index contributed by atoms with van der Waals surface area (Å²) in [5.74, 6) is 1.09. The number of fused-ring (bicyclic) bond motifs is 1. The van der Waals surface area contributed by atoms with E-state index >= 15 is 0 Å². The van der Waals surface area contributed by atoms with Crippen molar-refractivity contribution in [3.63, 3.8) is 0 Å². The third-order valence-corrected chi connectivity index (χ3v) is 4.53. The predicted octanol–water partition coefficient (Wildman–Crippen LogP) is 3.84. The molecule has 142 valence electrons. The Balaban J connectivity index is 1.86. The summed E-state index contributed by atoms with van der Waals surface area (Å²) in [5.41, 5.74) is 2.37. The van der Waals surface area contributed by atoms with Gasteiger partial charge in [0.1, 0.15) is 5.82 Å². The van der Waals surface area contributed by atoms with Crippen LogP contribution in [0.15, 0.2) is 36.4 Å². The maximum Gasteiger partial charge on any atom is 0.250 e. The van der Waals surface area contributed by atoms with Crippen molar-refractivity contribution in [1.29, 1.82) is 0 Å². The molecule has 0 atom stereocenters. The van der Waals surface area contributed by atoms with E-state index in [1.165, 1.54) is 25.3 Å². The van der Waals surface area contributed by atoms with E-state index in [1.807, 2.05) is 0 Å². The molecule has 0 N–H and O–H groups in total. The Hall–Kier alpha value is -3.02. The normalized spacial score (nSPS) is 13.4. The number of nitrogens with zero attached hydrogens (tertiary/aromatic N) is 1. The van der Waals surface area contributed by atoms with Gasteiger partial charge in [-0.1, -0.05) is 0 Å². The van der Waals surface area contributed by atoms with Crippen LogP contribution < -0.4 is 19.1 Å². The molecular weight excluding hydrogens is 349 g/mol. The molecule has 0 fully saturated rings. The Kier molecular flexibility index (Phi) is 5.64. The molecule has 1 amide bonds. The average Bonchev–Trinajstić information content (AvgIpc) is 2.70. The first-order chi connectivity index (χ1) is 13.1. The number of halogens is 1. The zero-order chi connectivity index (χ0) is 19.4. The molecule has 0 radical (unpaired) electrons. The van der Waals surface area contributed by atoms with Crippen LogP contribution in [0.1, 0.15) is 17.5 Å². The molecule has 0 saturated heterocycles. The fourth-order valence-corrected chi connectivity index (χ4v) is 3.25. The molecule has 0 unspecified atom stereocenters. The highest BCUT2D eigenvalue weighted by atomic mass is 19.1. The van der Waals surface area contributed by atoms with Gasteiger partial charge in [0, 0.05) is 18.3 Å². The Morgan fingerprint density at radius 3 is 2.41 bits per heavy atom. The summed E-state index contributed by atoms with van der Waals surface area (Å²) in [4.78, 5) is 14.4.